The van der Waals surface area contributed by atoms with E-state index in [0.717, 1.165) is 0 Å². The molecule has 0 atom stereocenters. The monoisotopic (exact) mass is 340 g/mol. The van der Waals surface area contributed by atoms with Gasteiger partial charge in [0.25, 0.3) is 0 Å². The minimum absolute atomic E-state index is 0.264. The van der Waals surface area contributed by atoms with Crippen LogP contribution >= 0.6 is 0 Å². The highest BCUT2D eigenvalue weighted by atomic mass is 16.5. The van der Waals surface area contributed by atoms with E-state index in [-0.39, 0.29) is 5.57 Å². The summed E-state index contributed by atoms with van der Waals surface area (Å²) in [5.74, 6) is 1.23. The van der Waals surface area contributed by atoms with E-state index in [9.17, 15) is 4.79 Å². The molecule has 0 radical (unpaired) electrons. The lowest BCUT2D eigenvalue weighted by molar-refractivity contribution is -0.133. The predicted octanol–water partition coefficient (Wildman–Crippen LogP) is 4.20. The van der Waals surface area contributed by atoms with E-state index in [1.165, 1.54) is 20.5 Å². The van der Waals surface area contributed by atoms with Gasteiger partial charge in [0, 0.05) is 11.6 Å². The van der Waals surface area contributed by atoms with Crippen LogP contribution in [0.3, 0.4) is 0 Å². The van der Waals surface area contributed by atoms with Gasteiger partial charge in [0.1, 0.15) is 29.4 Å². The fourth-order valence-electron chi connectivity index (χ4n) is 2.14. The van der Waals surface area contributed by atoms with Gasteiger partial charge in [0.15, 0.2) is 0 Å². The van der Waals surface area contributed by atoms with Crippen LogP contribution in [0.1, 0.15) is 5.56 Å². The standard InChI is InChI=1S/C20H20O5/c1-4-12-24-15-8-7-9-16(13-15)25-19-11-6-5-10-17(19)18(14-22-2)20(21)23-3/h4-11,13-14H,1,12H2,2-3H3/b18-14-. The van der Waals surface area contributed by atoms with Crippen LogP contribution in [0.5, 0.6) is 17.2 Å². The molecule has 0 fully saturated rings. The lowest BCUT2D eigenvalue weighted by atomic mass is 10.1. The van der Waals surface area contributed by atoms with E-state index >= 15 is 0 Å². The van der Waals surface area contributed by atoms with Crippen LogP contribution in [0.25, 0.3) is 5.57 Å². The minimum atomic E-state index is -0.513. The number of rotatable bonds is 8. The summed E-state index contributed by atoms with van der Waals surface area (Å²) in [5, 5.41) is 0. The molecule has 25 heavy (non-hydrogen) atoms. The molecule has 0 aliphatic rings. The van der Waals surface area contributed by atoms with Gasteiger partial charge in [-0.1, -0.05) is 36.9 Å². The molecule has 0 saturated carbocycles. The highest BCUT2D eigenvalue weighted by Gasteiger charge is 2.18. The van der Waals surface area contributed by atoms with Crippen molar-refractivity contribution in [2.45, 2.75) is 0 Å². The molecule has 0 aromatic heterocycles. The van der Waals surface area contributed by atoms with E-state index in [0.29, 0.717) is 29.4 Å². The second-order valence-electron chi connectivity index (χ2n) is 4.93. The van der Waals surface area contributed by atoms with Crippen molar-refractivity contribution >= 4 is 11.5 Å². The zero-order valence-electron chi connectivity index (χ0n) is 14.2. The van der Waals surface area contributed by atoms with Crippen molar-refractivity contribution in [3.05, 3.63) is 73.0 Å². The molecule has 2 aromatic carbocycles. The number of para-hydroxylation sites is 1. The number of carbonyl (C=O) groups excluding carboxylic acids is 1. The molecule has 0 saturated heterocycles. The highest BCUT2D eigenvalue weighted by molar-refractivity contribution is 6.17. The van der Waals surface area contributed by atoms with Crippen molar-refractivity contribution in [2.75, 3.05) is 20.8 Å². The summed E-state index contributed by atoms with van der Waals surface area (Å²) in [7, 11) is 2.78. The number of hydrogen-bond donors (Lipinski definition) is 0. The molecule has 0 heterocycles. The van der Waals surface area contributed by atoms with Gasteiger partial charge in [-0.25, -0.2) is 4.79 Å². The van der Waals surface area contributed by atoms with Gasteiger partial charge >= 0.3 is 5.97 Å². The van der Waals surface area contributed by atoms with Crippen LogP contribution in [0.2, 0.25) is 0 Å². The number of carbonyl (C=O) groups is 1. The largest absolute Gasteiger partial charge is 0.503 e. The van der Waals surface area contributed by atoms with E-state index in [2.05, 4.69) is 6.58 Å². The van der Waals surface area contributed by atoms with Crippen molar-refractivity contribution in [1.29, 1.82) is 0 Å². The van der Waals surface area contributed by atoms with Gasteiger partial charge in [-0.15, -0.1) is 0 Å². The Balaban J connectivity index is 2.33. The molecule has 0 unspecified atom stereocenters. The van der Waals surface area contributed by atoms with Crippen LogP contribution in [0.4, 0.5) is 0 Å². The number of methoxy groups -OCH3 is 2. The lowest BCUT2D eigenvalue weighted by Gasteiger charge is -2.13. The van der Waals surface area contributed by atoms with Gasteiger partial charge in [0.2, 0.25) is 0 Å². The quantitative estimate of drug-likeness (QED) is 0.312. The van der Waals surface area contributed by atoms with Crippen LogP contribution in [-0.4, -0.2) is 26.8 Å². The zero-order chi connectivity index (χ0) is 18.1. The van der Waals surface area contributed by atoms with E-state index in [1.807, 2.05) is 18.2 Å². The molecule has 5 heteroatoms. The van der Waals surface area contributed by atoms with Crippen molar-refractivity contribution in [3.63, 3.8) is 0 Å². The summed E-state index contributed by atoms with van der Waals surface area (Å²) >= 11 is 0. The highest BCUT2D eigenvalue weighted by Crippen LogP contribution is 2.32. The average Bonchev–Trinajstić information content (AvgIpc) is 2.65. The number of esters is 1. The van der Waals surface area contributed by atoms with Crippen molar-refractivity contribution in [2.24, 2.45) is 0 Å². The van der Waals surface area contributed by atoms with Crippen LogP contribution in [0.15, 0.2) is 67.4 Å². The van der Waals surface area contributed by atoms with Crippen molar-refractivity contribution < 1.29 is 23.7 Å². The van der Waals surface area contributed by atoms with E-state index in [4.69, 9.17) is 18.9 Å². The molecule has 2 aromatic rings. The Morgan fingerprint density at radius 1 is 1.08 bits per heavy atom. The molecule has 0 bridgehead atoms. The maximum atomic E-state index is 12.0. The Labute approximate surface area is 147 Å². The molecule has 5 nitrogen and oxygen atoms in total. The third-order valence-corrected chi connectivity index (χ3v) is 3.22. The summed E-state index contributed by atoms with van der Waals surface area (Å²) in [6, 6.07) is 14.4. The smallest absolute Gasteiger partial charge is 0.341 e. The van der Waals surface area contributed by atoms with Gasteiger partial charge in [0.05, 0.1) is 20.5 Å². The number of ether oxygens (including phenoxy) is 4. The fourth-order valence-corrected chi connectivity index (χ4v) is 2.14. The van der Waals surface area contributed by atoms with E-state index < -0.39 is 5.97 Å². The first-order valence-corrected chi connectivity index (χ1v) is 7.62. The Morgan fingerprint density at radius 2 is 1.84 bits per heavy atom. The predicted molar refractivity (Wildman–Crippen MR) is 95.7 cm³/mol. The molecule has 0 aliphatic carbocycles. The molecular formula is C20H20O5. The summed E-state index contributed by atoms with van der Waals surface area (Å²) in [5.41, 5.74) is 0.827. The summed E-state index contributed by atoms with van der Waals surface area (Å²) in [6.45, 7) is 4.03. The third-order valence-electron chi connectivity index (χ3n) is 3.22. The van der Waals surface area contributed by atoms with Crippen LogP contribution in [-0.2, 0) is 14.3 Å². The molecule has 130 valence electrons. The minimum Gasteiger partial charge on any atom is -0.503 e. The molecule has 2 rings (SSSR count). The lowest BCUT2D eigenvalue weighted by Crippen LogP contribution is -2.05. The maximum absolute atomic E-state index is 12.0. The Hall–Kier alpha value is -3.21. The average molecular weight is 340 g/mol. The first kappa shape index (κ1) is 18.1. The molecule has 0 spiro atoms. The first-order chi connectivity index (χ1) is 12.2. The van der Waals surface area contributed by atoms with Gasteiger partial charge in [-0.3, -0.25) is 0 Å². The third kappa shape index (κ3) is 4.88. The van der Waals surface area contributed by atoms with Crippen LogP contribution < -0.4 is 9.47 Å². The van der Waals surface area contributed by atoms with Crippen molar-refractivity contribution in [3.8, 4) is 17.2 Å². The SMILES string of the molecule is C=CCOc1cccc(Oc2ccccc2/C(=C/OC)C(=O)OC)c1. The van der Waals surface area contributed by atoms with E-state index in [1.54, 1.807) is 36.4 Å². The molecular weight excluding hydrogens is 320 g/mol. The van der Waals surface area contributed by atoms with Gasteiger partial charge < -0.3 is 18.9 Å². The van der Waals surface area contributed by atoms with Crippen LogP contribution in [0, 0.1) is 0 Å². The second-order valence-corrected chi connectivity index (χ2v) is 4.93. The Bertz CT molecular complexity index is 764. The molecule has 0 N–H and O–H groups in total. The summed E-state index contributed by atoms with van der Waals surface area (Å²) < 4.78 is 21.3. The van der Waals surface area contributed by atoms with Gasteiger partial charge in [-0.05, 0) is 18.2 Å². The first-order valence-electron chi connectivity index (χ1n) is 7.62. The summed E-state index contributed by atoms with van der Waals surface area (Å²) in [6.07, 6.45) is 3.00. The Kier molecular flexibility index (Phi) is 6.65. The number of hydrogen-bond acceptors (Lipinski definition) is 5. The van der Waals surface area contributed by atoms with Crippen molar-refractivity contribution in [1.82, 2.24) is 0 Å². The maximum Gasteiger partial charge on any atom is 0.341 e. The normalized spacial score (nSPS) is 10.7. The number of benzene rings is 2. The zero-order valence-corrected chi connectivity index (χ0v) is 14.2. The second kappa shape index (κ2) is 9.17. The topological polar surface area (TPSA) is 54.0 Å². The Morgan fingerprint density at radius 3 is 2.56 bits per heavy atom. The molecule has 0 aliphatic heterocycles. The van der Waals surface area contributed by atoms with Gasteiger partial charge in [-0.2, -0.15) is 0 Å². The fraction of sp³-hybridized carbons (Fsp3) is 0.150. The molecule has 0 amide bonds. The summed E-state index contributed by atoms with van der Waals surface area (Å²) in [4.78, 5) is 12.0.